The van der Waals surface area contributed by atoms with Crippen molar-refractivity contribution in [2.45, 2.75) is 115 Å². The van der Waals surface area contributed by atoms with Gasteiger partial charge in [-0.05, 0) is 48.4 Å². The zero-order valence-electron chi connectivity index (χ0n) is 42.7. The number of hydrogen-bond donors (Lipinski definition) is 16. The summed E-state index contributed by atoms with van der Waals surface area (Å²) in [6.45, 7) is 4.49. The third-order valence-corrected chi connectivity index (χ3v) is 11.4. The number of aromatic hydroxyl groups is 1. The lowest BCUT2D eigenvalue weighted by molar-refractivity contribution is -0.142. The minimum atomic E-state index is -1.84. The Labute approximate surface area is 437 Å². The highest BCUT2D eigenvalue weighted by molar-refractivity contribution is 5.98. The van der Waals surface area contributed by atoms with Gasteiger partial charge >= 0.3 is 5.97 Å². The normalized spacial score (nSPS) is 14.7. The minimum absolute atomic E-state index is 0.00686. The molecule has 1 heterocycles. The lowest BCUT2D eigenvalue weighted by atomic mass is 10.0. The summed E-state index contributed by atoms with van der Waals surface area (Å²) >= 11 is 0. The van der Waals surface area contributed by atoms with Crippen molar-refractivity contribution in [3.63, 3.8) is 0 Å². The van der Waals surface area contributed by atoms with Crippen LogP contribution < -0.4 is 53.6 Å². The van der Waals surface area contributed by atoms with E-state index in [-0.39, 0.29) is 37.4 Å². The number of H-pyrrole nitrogens is 1. The molecule has 76 heavy (non-hydrogen) atoms. The van der Waals surface area contributed by atoms with Crippen molar-refractivity contribution in [3.8, 4) is 5.75 Å². The van der Waals surface area contributed by atoms with Gasteiger partial charge in [0.1, 0.15) is 54.1 Å². The molecule has 9 amide bonds. The van der Waals surface area contributed by atoms with Gasteiger partial charge in [0, 0.05) is 31.2 Å². The zero-order chi connectivity index (χ0) is 56.6. The lowest BCUT2D eigenvalue weighted by Gasteiger charge is -2.28. The summed E-state index contributed by atoms with van der Waals surface area (Å²) in [5.74, 6) is -10.9. The molecule has 0 aliphatic heterocycles. The first-order chi connectivity index (χ1) is 36.0. The predicted octanol–water partition coefficient (Wildman–Crippen LogP) is -4.75. The van der Waals surface area contributed by atoms with Crippen molar-refractivity contribution in [1.29, 1.82) is 0 Å². The van der Waals surface area contributed by atoms with E-state index in [0.717, 1.165) is 6.92 Å². The van der Waals surface area contributed by atoms with E-state index in [1.165, 1.54) is 36.8 Å². The van der Waals surface area contributed by atoms with Crippen LogP contribution in [0.25, 0.3) is 0 Å². The number of benzene rings is 2. The van der Waals surface area contributed by atoms with Crippen LogP contribution in [-0.2, 0) is 67.2 Å². The van der Waals surface area contributed by atoms with Gasteiger partial charge in [-0.1, -0.05) is 70.2 Å². The van der Waals surface area contributed by atoms with Gasteiger partial charge in [0.05, 0.1) is 38.7 Å². The van der Waals surface area contributed by atoms with Gasteiger partial charge in [-0.25, -0.2) is 9.78 Å². The number of aromatic nitrogens is 2. The molecule has 17 N–H and O–H groups in total. The van der Waals surface area contributed by atoms with E-state index in [2.05, 4.69) is 57.8 Å². The molecular weight excluding hydrogens is 997 g/mol. The SMILES string of the molecule is CC(C)C[C@H](NC(=O)[C@H](CO)NC(=O)[C@H](Cc1ccccc1)NC(=O)CN)C(=O)N[C@H](C(=O)N[C@@H](CO)C(=O)N[C@@H](Cc1ccc(O)cc1)C(=O)NCC(=O)N[C@H](C(=O)N[C@@H](Cc1cnc[nH]1)C(=O)O)C(C)C)[C@@H](C)O. The number of imidazole rings is 1. The van der Waals surface area contributed by atoms with Gasteiger partial charge in [-0.2, -0.15) is 0 Å². The number of carbonyl (C=O) groups is 10. The maximum absolute atomic E-state index is 13.8. The average molecular weight is 1070 g/mol. The van der Waals surface area contributed by atoms with E-state index in [0.29, 0.717) is 16.8 Å². The molecule has 0 unspecified atom stereocenters. The van der Waals surface area contributed by atoms with Crippen LogP contribution in [0.15, 0.2) is 67.1 Å². The number of phenols is 1. The van der Waals surface area contributed by atoms with Gasteiger partial charge in [0.15, 0.2) is 0 Å². The van der Waals surface area contributed by atoms with Gasteiger partial charge in [-0.15, -0.1) is 0 Å². The molecule has 0 spiro atoms. The fourth-order valence-electron chi connectivity index (χ4n) is 7.35. The number of carboxylic acids is 1. The number of phenolic OH excluding ortho intramolecular Hbond substituents is 1. The fraction of sp³-hybridized carbons (Fsp3) is 0.490. The number of amides is 9. The van der Waals surface area contributed by atoms with Crippen LogP contribution in [0.1, 0.15) is 57.9 Å². The lowest BCUT2D eigenvalue weighted by Crippen LogP contribution is -2.62. The number of nitrogens with one attached hydrogen (secondary N) is 10. The minimum Gasteiger partial charge on any atom is -0.508 e. The summed E-state index contributed by atoms with van der Waals surface area (Å²) in [7, 11) is 0. The molecule has 0 bridgehead atoms. The molecule has 416 valence electrons. The first kappa shape index (κ1) is 62.3. The molecule has 0 aliphatic rings. The molecule has 0 aliphatic carbocycles. The highest BCUT2D eigenvalue weighted by Gasteiger charge is 2.36. The van der Waals surface area contributed by atoms with Crippen LogP contribution >= 0.6 is 0 Å². The Morgan fingerprint density at radius 1 is 0.566 bits per heavy atom. The number of aliphatic hydroxyl groups is 3. The third kappa shape index (κ3) is 20.7. The molecule has 27 heteroatoms. The number of aliphatic hydroxyl groups excluding tert-OH is 3. The van der Waals surface area contributed by atoms with Crippen molar-refractivity contribution in [2.24, 2.45) is 17.6 Å². The standard InChI is InChI=1S/C49H70N12O15/c1-25(2)15-32(55-45(71)36(22-62)58-43(69)34(54-38(66)19-50)16-28-9-7-6-8-10-28)44(70)61-41(27(5)64)48(74)59-37(23-63)46(72)56-33(17-29-11-13-31(65)14-12-29)42(68)52-21-39(67)60-40(26(3)4)47(73)57-35(49(75)76)18-30-20-51-24-53-30/h6-14,20,24-27,32-37,40-41,62-65H,15-19,21-23,50H2,1-5H3,(H,51,53)(H,52,68)(H,54,66)(H,55,71)(H,56,72)(H,57,73)(H,58,69)(H,59,74)(H,60,67)(H,61,70)(H,75,76)/t27-,32+,33+,34+,35+,36+,37+,40+,41+/m1/s1. The van der Waals surface area contributed by atoms with E-state index in [1.807, 2.05) is 0 Å². The monoisotopic (exact) mass is 1070 g/mol. The molecule has 0 saturated carbocycles. The maximum Gasteiger partial charge on any atom is 0.326 e. The number of rotatable bonds is 31. The van der Waals surface area contributed by atoms with Crippen LogP contribution in [-0.4, -0.2) is 175 Å². The van der Waals surface area contributed by atoms with Gasteiger partial charge in [0.25, 0.3) is 0 Å². The Morgan fingerprint density at radius 3 is 1.58 bits per heavy atom. The highest BCUT2D eigenvalue weighted by atomic mass is 16.4. The van der Waals surface area contributed by atoms with Crippen molar-refractivity contribution in [3.05, 3.63) is 83.9 Å². The van der Waals surface area contributed by atoms with Gasteiger partial charge in [-0.3, -0.25) is 43.2 Å². The summed E-state index contributed by atoms with van der Waals surface area (Å²) < 4.78 is 0. The Hall–Kier alpha value is -8.01. The molecular formula is C49H70N12O15. The van der Waals surface area contributed by atoms with E-state index in [4.69, 9.17) is 5.73 Å². The number of nitrogens with two attached hydrogens (primary N) is 1. The summed E-state index contributed by atoms with van der Waals surface area (Å²) in [4.78, 5) is 139. The Bertz CT molecular complexity index is 2420. The first-order valence-electron chi connectivity index (χ1n) is 24.3. The highest BCUT2D eigenvalue weighted by Crippen LogP contribution is 2.13. The number of aromatic amines is 1. The van der Waals surface area contributed by atoms with E-state index < -0.39 is 146 Å². The fourth-order valence-corrected chi connectivity index (χ4v) is 7.35. The number of carbonyl (C=O) groups excluding carboxylic acids is 9. The second-order valence-corrected chi connectivity index (χ2v) is 18.5. The molecule has 3 rings (SSSR count). The second kappa shape index (κ2) is 31.0. The Balaban J connectivity index is 1.73. The molecule has 1 aromatic heterocycles. The van der Waals surface area contributed by atoms with Gasteiger partial charge in [0.2, 0.25) is 53.2 Å². The first-order valence-corrected chi connectivity index (χ1v) is 24.3. The van der Waals surface area contributed by atoms with Crippen LogP contribution in [0, 0.1) is 11.8 Å². The molecule has 9 atom stereocenters. The topological polar surface area (TPSA) is 435 Å². The van der Waals surface area contributed by atoms with Crippen molar-refractivity contribution >= 4 is 59.1 Å². The van der Waals surface area contributed by atoms with E-state index in [1.54, 1.807) is 58.0 Å². The van der Waals surface area contributed by atoms with Crippen LogP contribution in [0.3, 0.4) is 0 Å². The Morgan fingerprint density at radius 2 is 1.07 bits per heavy atom. The Kier molecular flexibility index (Phi) is 25.4. The summed E-state index contributed by atoms with van der Waals surface area (Å²) in [6, 6.07) is 1.90. The summed E-state index contributed by atoms with van der Waals surface area (Å²) in [5.41, 5.74) is 6.91. The van der Waals surface area contributed by atoms with Gasteiger partial charge < -0.3 is 84.1 Å². The second-order valence-electron chi connectivity index (χ2n) is 18.5. The van der Waals surface area contributed by atoms with Crippen LogP contribution in [0.5, 0.6) is 5.75 Å². The maximum atomic E-state index is 13.8. The van der Waals surface area contributed by atoms with E-state index >= 15 is 0 Å². The van der Waals surface area contributed by atoms with Crippen LogP contribution in [0.4, 0.5) is 0 Å². The molecule has 0 radical (unpaired) electrons. The number of aliphatic carboxylic acids is 1. The number of carboxylic acid groups (broad SMARTS) is 1. The molecule has 0 saturated heterocycles. The molecule has 2 aromatic carbocycles. The average Bonchev–Trinajstić information content (AvgIpc) is 3.89. The van der Waals surface area contributed by atoms with Crippen molar-refractivity contribution < 1.29 is 73.5 Å². The predicted molar refractivity (Wildman–Crippen MR) is 270 cm³/mol. The summed E-state index contributed by atoms with van der Waals surface area (Å²) in [5, 5.41) is 72.1. The largest absolute Gasteiger partial charge is 0.508 e. The summed E-state index contributed by atoms with van der Waals surface area (Å²) in [6.07, 6.45) is 0.570. The molecule has 3 aromatic rings. The van der Waals surface area contributed by atoms with Crippen LogP contribution in [0.2, 0.25) is 0 Å². The number of hydrogen-bond acceptors (Lipinski definition) is 16. The molecule has 27 nitrogen and oxygen atoms in total. The third-order valence-electron chi connectivity index (χ3n) is 11.4. The van der Waals surface area contributed by atoms with E-state index in [9.17, 15) is 73.5 Å². The van der Waals surface area contributed by atoms with Crippen molar-refractivity contribution in [1.82, 2.24) is 57.8 Å². The quantitative estimate of drug-likeness (QED) is 0.0288. The number of nitrogens with zero attached hydrogens (tertiary/aromatic N) is 1. The zero-order valence-corrected chi connectivity index (χ0v) is 42.7. The smallest absolute Gasteiger partial charge is 0.326 e. The van der Waals surface area contributed by atoms with Crippen molar-refractivity contribution in [2.75, 3.05) is 26.3 Å². The molecule has 0 fully saturated rings.